The standard InChI is InChI=1S/C25H31N3O3/c1-18(2)27-13-11-21(12-14-27)26-25(29)31-24-16-20-8-4-5-10-23(20)28(24)17-19-7-6-9-22(15-19)30-3/h4-10,15-16,18,21H,11-14,17H2,1-3H3,(H,26,29). The molecular formula is C25H31N3O3. The van der Waals surface area contributed by atoms with Crippen LogP contribution in [-0.2, 0) is 6.54 Å². The third-order valence-electron chi connectivity index (χ3n) is 6.03. The number of nitrogens with zero attached hydrogens (tertiary/aromatic N) is 2. The van der Waals surface area contributed by atoms with Gasteiger partial charge < -0.3 is 24.3 Å². The number of piperidine rings is 1. The number of hydrogen-bond acceptors (Lipinski definition) is 4. The second-order valence-electron chi connectivity index (χ2n) is 8.42. The molecule has 4 rings (SSSR count). The largest absolute Gasteiger partial charge is 0.497 e. The van der Waals surface area contributed by atoms with E-state index in [1.54, 1.807) is 7.11 Å². The van der Waals surface area contributed by atoms with Gasteiger partial charge in [-0.2, -0.15) is 0 Å². The quantitative estimate of drug-likeness (QED) is 0.629. The van der Waals surface area contributed by atoms with Crippen LogP contribution in [0.15, 0.2) is 54.6 Å². The molecule has 2 aromatic carbocycles. The molecule has 0 saturated carbocycles. The molecule has 1 saturated heterocycles. The van der Waals surface area contributed by atoms with Crippen LogP contribution in [0.1, 0.15) is 32.3 Å². The molecule has 1 aliphatic heterocycles. The number of ether oxygens (including phenoxy) is 2. The molecule has 1 N–H and O–H groups in total. The number of rotatable bonds is 6. The van der Waals surface area contributed by atoms with Gasteiger partial charge in [-0.1, -0.05) is 30.3 Å². The van der Waals surface area contributed by atoms with Gasteiger partial charge in [0.05, 0.1) is 19.2 Å². The van der Waals surface area contributed by atoms with Crippen molar-refractivity contribution in [3.05, 3.63) is 60.2 Å². The van der Waals surface area contributed by atoms with Gasteiger partial charge in [0, 0.05) is 36.6 Å². The summed E-state index contributed by atoms with van der Waals surface area (Å²) in [6.45, 7) is 7.00. The Labute approximate surface area is 183 Å². The van der Waals surface area contributed by atoms with Crippen molar-refractivity contribution in [2.24, 2.45) is 0 Å². The third-order valence-corrected chi connectivity index (χ3v) is 6.03. The molecule has 2 heterocycles. The van der Waals surface area contributed by atoms with Crippen LogP contribution in [0.4, 0.5) is 4.79 Å². The summed E-state index contributed by atoms with van der Waals surface area (Å²) in [7, 11) is 1.66. The number of methoxy groups -OCH3 is 1. The highest BCUT2D eigenvalue weighted by atomic mass is 16.6. The summed E-state index contributed by atoms with van der Waals surface area (Å²) in [5.74, 6) is 1.35. The van der Waals surface area contributed by atoms with E-state index in [9.17, 15) is 4.79 Å². The molecule has 164 valence electrons. The number of carbonyl (C=O) groups is 1. The van der Waals surface area contributed by atoms with E-state index in [1.165, 1.54) is 0 Å². The highest BCUT2D eigenvalue weighted by molar-refractivity contribution is 5.83. The molecule has 0 radical (unpaired) electrons. The van der Waals surface area contributed by atoms with Gasteiger partial charge in [0.15, 0.2) is 0 Å². The predicted molar refractivity (Wildman–Crippen MR) is 123 cm³/mol. The molecule has 0 bridgehead atoms. The number of aromatic nitrogens is 1. The van der Waals surface area contributed by atoms with E-state index in [2.05, 4.69) is 24.1 Å². The van der Waals surface area contributed by atoms with Crippen LogP contribution >= 0.6 is 0 Å². The maximum atomic E-state index is 12.7. The number of fused-ring (bicyclic) bond motifs is 1. The van der Waals surface area contributed by atoms with Crippen molar-refractivity contribution in [3.8, 4) is 11.6 Å². The Bertz CT molecular complexity index is 1040. The number of carbonyl (C=O) groups excluding carboxylic acids is 1. The molecular weight excluding hydrogens is 390 g/mol. The number of likely N-dealkylation sites (tertiary alicyclic amines) is 1. The van der Waals surface area contributed by atoms with E-state index in [0.717, 1.165) is 48.1 Å². The third kappa shape index (κ3) is 5.02. The Morgan fingerprint density at radius 2 is 1.87 bits per heavy atom. The van der Waals surface area contributed by atoms with Gasteiger partial charge in [0.1, 0.15) is 5.75 Å². The lowest BCUT2D eigenvalue weighted by atomic mass is 10.0. The van der Waals surface area contributed by atoms with Crippen molar-refractivity contribution in [2.45, 2.75) is 45.3 Å². The van der Waals surface area contributed by atoms with Crippen LogP contribution in [0.25, 0.3) is 10.9 Å². The molecule has 1 amide bonds. The van der Waals surface area contributed by atoms with Gasteiger partial charge >= 0.3 is 6.09 Å². The summed E-state index contributed by atoms with van der Waals surface area (Å²) >= 11 is 0. The number of benzene rings is 2. The van der Waals surface area contributed by atoms with E-state index >= 15 is 0 Å². The minimum absolute atomic E-state index is 0.152. The molecule has 1 fully saturated rings. The lowest BCUT2D eigenvalue weighted by Crippen LogP contribution is -2.47. The number of hydrogen-bond donors (Lipinski definition) is 1. The Morgan fingerprint density at radius 1 is 1.10 bits per heavy atom. The highest BCUT2D eigenvalue weighted by Gasteiger charge is 2.23. The lowest BCUT2D eigenvalue weighted by molar-refractivity contribution is 0.151. The first kappa shape index (κ1) is 21.2. The molecule has 6 nitrogen and oxygen atoms in total. The highest BCUT2D eigenvalue weighted by Crippen LogP contribution is 2.27. The number of amides is 1. The fourth-order valence-electron chi connectivity index (χ4n) is 4.24. The number of para-hydroxylation sites is 1. The minimum atomic E-state index is -0.391. The molecule has 0 spiro atoms. The van der Waals surface area contributed by atoms with Crippen LogP contribution in [0.3, 0.4) is 0 Å². The Morgan fingerprint density at radius 3 is 2.61 bits per heavy atom. The molecule has 31 heavy (non-hydrogen) atoms. The molecule has 0 atom stereocenters. The van der Waals surface area contributed by atoms with Crippen LogP contribution in [0.2, 0.25) is 0 Å². The van der Waals surface area contributed by atoms with E-state index in [1.807, 2.05) is 59.2 Å². The Kier molecular flexibility index (Phi) is 6.47. The summed E-state index contributed by atoms with van der Waals surface area (Å²) in [5.41, 5.74) is 2.10. The average Bonchev–Trinajstić information content (AvgIpc) is 3.11. The Balaban J connectivity index is 1.49. The maximum absolute atomic E-state index is 12.7. The summed E-state index contributed by atoms with van der Waals surface area (Å²) < 4.78 is 13.2. The van der Waals surface area contributed by atoms with E-state index in [-0.39, 0.29) is 6.04 Å². The zero-order valence-electron chi connectivity index (χ0n) is 18.5. The average molecular weight is 422 g/mol. The van der Waals surface area contributed by atoms with E-state index in [4.69, 9.17) is 9.47 Å². The van der Waals surface area contributed by atoms with Crippen molar-refractivity contribution in [1.29, 1.82) is 0 Å². The second-order valence-corrected chi connectivity index (χ2v) is 8.42. The van der Waals surface area contributed by atoms with Crippen LogP contribution in [0, 0.1) is 0 Å². The summed E-state index contributed by atoms with van der Waals surface area (Å²) in [4.78, 5) is 15.1. The fraction of sp³-hybridized carbons (Fsp3) is 0.400. The molecule has 0 unspecified atom stereocenters. The van der Waals surface area contributed by atoms with Crippen molar-refractivity contribution in [3.63, 3.8) is 0 Å². The molecule has 1 aromatic heterocycles. The molecule has 3 aromatic rings. The molecule has 0 aliphatic carbocycles. The van der Waals surface area contributed by atoms with Crippen molar-refractivity contribution < 1.29 is 14.3 Å². The van der Waals surface area contributed by atoms with Crippen molar-refractivity contribution in [1.82, 2.24) is 14.8 Å². The predicted octanol–water partition coefficient (Wildman–Crippen LogP) is 4.66. The number of nitrogens with one attached hydrogen (secondary N) is 1. The fourth-order valence-corrected chi connectivity index (χ4v) is 4.24. The SMILES string of the molecule is COc1cccc(Cn2c(OC(=O)NC3CCN(C(C)C)CC3)cc3ccccc32)c1. The zero-order valence-corrected chi connectivity index (χ0v) is 18.5. The second kappa shape index (κ2) is 9.43. The first-order chi connectivity index (χ1) is 15.0. The summed E-state index contributed by atoms with van der Waals surface area (Å²) in [5, 5.41) is 4.10. The van der Waals surface area contributed by atoms with Gasteiger partial charge in [0.2, 0.25) is 5.88 Å². The van der Waals surface area contributed by atoms with Gasteiger partial charge in [-0.15, -0.1) is 0 Å². The first-order valence-electron chi connectivity index (χ1n) is 11.0. The van der Waals surface area contributed by atoms with Gasteiger partial charge in [-0.25, -0.2) is 4.79 Å². The topological polar surface area (TPSA) is 55.7 Å². The van der Waals surface area contributed by atoms with Gasteiger partial charge in [-0.3, -0.25) is 0 Å². The monoisotopic (exact) mass is 421 g/mol. The van der Waals surface area contributed by atoms with Crippen LogP contribution in [0.5, 0.6) is 11.6 Å². The molecule has 1 aliphatic rings. The first-order valence-corrected chi connectivity index (χ1v) is 11.0. The molecule has 6 heteroatoms. The summed E-state index contributed by atoms with van der Waals surface area (Å²) in [6.07, 6.45) is 1.50. The minimum Gasteiger partial charge on any atom is -0.497 e. The van der Waals surface area contributed by atoms with Crippen LogP contribution < -0.4 is 14.8 Å². The van der Waals surface area contributed by atoms with Crippen molar-refractivity contribution >= 4 is 17.0 Å². The van der Waals surface area contributed by atoms with Crippen molar-refractivity contribution in [2.75, 3.05) is 20.2 Å². The lowest BCUT2D eigenvalue weighted by Gasteiger charge is -2.34. The van der Waals surface area contributed by atoms with E-state index in [0.29, 0.717) is 18.5 Å². The maximum Gasteiger partial charge on any atom is 0.414 e. The Hall–Kier alpha value is -2.99. The van der Waals surface area contributed by atoms with Crippen LogP contribution in [-0.4, -0.2) is 47.8 Å². The van der Waals surface area contributed by atoms with Gasteiger partial charge in [0.25, 0.3) is 0 Å². The smallest absolute Gasteiger partial charge is 0.414 e. The van der Waals surface area contributed by atoms with E-state index < -0.39 is 6.09 Å². The van der Waals surface area contributed by atoms with Gasteiger partial charge in [-0.05, 0) is 50.5 Å². The zero-order chi connectivity index (χ0) is 21.8. The summed E-state index contributed by atoms with van der Waals surface area (Å²) in [6, 6.07) is 18.6. The normalized spacial score (nSPS) is 15.4.